The molecule has 0 saturated carbocycles. The zero-order chi connectivity index (χ0) is 13.8. The number of rotatable bonds is 5. The normalized spacial score (nSPS) is 10.4. The van der Waals surface area contributed by atoms with E-state index < -0.39 is 0 Å². The van der Waals surface area contributed by atoms with Crippen molar-refractivity contribution in [1.82, 2.24) is 9.78 Å². The SMILES string of the molecule is C=CCn1ncc(NCc2sccc2C)c(Cl)c1=O. The molecule has 2 heterocycles. The molecule has 0 fully saturated rings. The largest absolute Gasteiger partial charge is 0.377 e. The van der Waals surface area contributed by atoms with E-state index in [0.717, 1.165) is 0 Å². The number of thiophene rings is 1. The van der Waals surface area contributed by atoms with Gasteiger partial charge in [0.2, 0.25) is 0 Å². The second-order valence-electron chi connectivity index (χ2n) is 4.03. The fourth-order valence-electron chi connectivity index (χ4n) is 1.60. The van der Waals surface area contributed by atoms with Crippen LogP contribution in [-0.2, 0) is 13.1 Å². The molecule has 1 N–H and O–H groups in total. The molecule has 0 aliphatic rings. The number of halogens is 1. The van der Waals surface area contributed by atoms with Gasteiger partial charge in [0.15, 0.2) is 0 Å². The minimum absolute atomic E-state index is 0.158. The van der Waals surface area contributed by atoms with Crippen LogP contribution in [0.15, 0.2) is 35.1 Å². The van der Waals surface area contributed by atoms with E-state index in [0.29, 0.717) is 18.8 Å². The maximum Gasteiger partial charge on any atom is 0.287 e. The Kier molecular flexibility index (Phi) is 4.39. The molecule has 19 heavy (non-hydrogen) atoms. The smallest absolute Gasteiger partial charge is 0.287 e. The second kappa shape index (κ2) is 6.04. The lowest BCUT2D eigenvalue weighted by molar-refractivity contribution is 0.653. The van der Waals surface area contributed by atoms with Gasteiger partial charge >= 0.3 is 0 Å². The van der Waals surface area contributed by atoms with Crippen LogP contribution in [0.25, 0.3) is 0 Å². The summed E-state index contributed by atoms with van der Waals surface area (Å²) in [5.74, 6) is 0. The van der Waals surface area contributed by atoms with E-state index in [4.69, 9.17) is 11.6 Å². The molecule has 0 spiro atoms. The molecule has 0 aromatic carbocycles. The van der Waals surface area contributed by atoms with Crippen LogP contribution in [0, 0.1) is 6.92 Å². The zero-order valence-electron chi connectivity index (χ0n) is 10.5. The summed E-state index contributed by atoms with van der Waals surface area (Å²) < 4.78 is 1.27. The number of anilines is 1. The van der Waals surface area contributed by atoms with Gasteiger partial charge in [0, 0.05) is 11.4 Å². The fourth-order valence-corrected chi connectivity index (χ4v) is 2.66. The van der Waals surface area contributed by atoms with Crippen LogP contribution in [0.1, 0.15) is 10.4 Å². The van der Waals surface area contributed by atoms with Crippen LogP contribution in [0.5, 0.6) is 0 Å². The van der Waals surface area contributed by atoms with Crippen molar-refractivity contribution in [3.05, 3.63) is 56.1 Å². The van der Waals surface area contributed by atoms with Gasteiger partial charge in [-0.2, -0.15) is 5.10 Å². The average molecular weight is 296 g/mol. The summed E-state index contributed by atoms with van der Waals surface area (Å²) >= 11 is 7.71. The first-order chi connectivity index (χ1) is 9.13. The molecule has 0 aliphatic heterocycles. The lowest BCUT2D eigenvalue weighted by atomic mass is 10.3. The predicted molar refractivity (Wildman–Crippen MR) is 80.1 cm³/mol. The summed E-state index contributed by atoms with van der Waals surface area (Å²) in [6.07, 6.45) is 3.17. The number of nitrogens with zero attached hydrogens (tertiary/aromatic N) is 2. The summed E-state index contributed by atoms with van der Waals surface area (Å²) in [4.78, 5) is 13.1. The molecule has 2 aromatic heterocycles. The molecule has 2 rings (SSSR count). The first kappa shape index (κ1) is 13.8. The van der Waals surface area contributed by atoms with Crippen LogP contribution >= 0.6 is 22.9 Å². The Morgan fingerprint density at radius 1 is 1.63 bits per heavy atom. The van der Waals surface area contributed by atoms with Gasteiger partial charge in [-0.15, -0.1) is 17.9 Å². The van der Waals surface area contributed by atoms with Crippen molar-refractivity contribution >= 4 is 28.6 Å². The highest BCUT2D eigenvalue weighted by atomic mass is 35.5. The summed E-state index contributed by atoms with van der Waals surface area (Å²) in [5.41, 5.74) is 1.47. The third-order valence-electron chi connectivity index (χ3n) is 2.69. The van der Waals surface area contributed by atoms with Gasteiger partial charge in [-0.3, -0.25) is 4.79 Å². The van der Waals surface area contributed by atoms with Crippen molar-refractivity contribution in [2.75, 3.05) is 5.32 Å². The van der Waals surface area contributed by atoms with Gasteiger partial charge in [-0.1, -0.05) is 17.7 Å². The Labute approximate surface area is 120 Å². The van der Waals surface area contributed by atoms with Gasteiger partial charge in [-0.05, 0) is 23.9 Å². The lowest BCUT2D eigenvalue weighted by Crippen LogP contribution is -2.23. The van der Waals surface area contributed by atoms with E-state index in [2.05, 4.69) is 30.0 Å². The molecule has 100 valence electrons. The molecule has 2 aromatic rings. The standard InChI is InChI=1S/C13H14ClN3OS/c1-3-5-17-13(18)12(14)10(7-16-17)15-8-11-9(2)4-6-19-11/h3-4,6-7,15H,1,5,8H2,2H3. The molecule has 0 unspecified atom stereocenters. The van der Waals surface area contributed by atoms with Crippen LogP contribution in [0.3, 0.4) is 0 Å². The number of nitrogens with one attached hydrogen (secondary N) is 1. The van der Waals surface area contributed by atoms with Crippen molar-refractivity contribution in [2.24, 2.45) is 0 Å². The number of hydrogen-bond donors (Lipinski definition) is 1. The van der Waals surface area contributed by atoms with Crippen molar-refractivity contribution in [3.63, 3.8) is 0 Å². The molecule has 0 saturated heterocycles. The van der Waals surface area contributed by atoms with Gasteiger partial charge in [0.25, 0.3) is 5.56 Å². The summed E-state index contributed by atoms with van der Waals surface area (Å²) in [5, 5.41) is 9.38. The summed E-state index contributed by atoms with van der Waals surface area (Å²) in [7, 11) is 0. The highest BCUT2D eigenvalue weighted by molar-refractivity contribution is 7.10. The lowest BCUT2D eigenvalue weighted by Gasteiger charge is -2.09. The molecule has 0 amide bonds. The summed E-state index contributed by atoms with van der Waals surface area (Å²) in [6.45, 7) is 6.61. The van der Waals surface area contributed by atoms with Crippen LogP contribution in [0.4, 0.5) is 5.69 Å². The van der Waals surface area contributed by atoms with Gasteiger partial charge in [0.05, 0.1) is 18.4 Å². The molecule has 6 heteroatoms. The van der Waals surface area contributed by atoms with Gasteiger partial charge < -0.3 is 5.32 Å². The van der Waals surface area contributed by atoms with Crippen molar-refractivity contribution in [3.8, 4) is 0 Å². The Morgan fingerprint density at radius 3 is 3.05 bits per heavy atom. The number of allylic oxidation sites excluding steroid dienone is 1. The molecule has 0 atom stereocenters. The Morgan fingerprint density at radius 2 is 2.42 bits per heavy atom. The molecule has 0 bridgehead atoms. The highest BCUT2D eigenvalue weighted by Crippen LogP contribution is 2.20. The number of hydrogen-bond acceptors (Lipinski definition) is 4. The number of aryl methyl sites for hydroxylation is 1. The van der Waals surface area contributed by atoms with E-state index in [1.54, 1.807) is 23.6 Å². The Balaban J connectivity index is 2.18. The van der Waals surface area contributed by atoms with Crippen molar-refractivity contribution in [2.45, 2.75) is 20.0 Å². The minimum Gasteiger partial charge on any atom is -0.377 e. The third kappa shape index (κ3) is 3.05. The van der Waals surface area contributed by atoms with E-state index >= 15 is 0 Å². The third-order valence-corrected chi connectivity index (χ3v) is 4.08. The van der Waals surface area contributed by atoms with Gasteiger partial charge in [-0.25, -0.2) is 4.68 Å². The minimum atomic E-state index is -0.311. The fraction of sp³-hybridized carbons (Fsp3) is 0.231. The van der Waals surface area contributed by atoms with Gasteiger partial charge in [0.1, 0.15) is 5.02 Å². The quantitative estimate of drug-likeness (QED) is 0.862. The number of aromatic nitrogens is 2. The predicted octanol–water partition coefficient (Wildman–Crippen LogP) is 3.06. The molecular formula is C13H14ClN3OS. The summed E-state index contributed by atoms with van der Waals surface area (Å²) in [6, 6.07) is 2.06. The van der Waals surface area contributed by atoms with Crippen molar-refractivity contribution in [1.29, 1.82) is 0 Å². The van der Waals surface area contributed by atoms with E-state index in [-0.39, 0.29) is 10.6 Å². The zero-order valence-corrected chi connectivity index (χ0v) is 12.1. The van der Waals surface area contributed by atoms with Crippen molar-refractivity contribution < 1.29 is 0 Å². The first-order valence-electron chi connectivity index (χ1n) is 5.77. The molecule has 0 radical (unpaired) electrons. The van der Waals surface area contributed by atoms with E-state index in [1.807, 2.05) is 5.38 Å². The van der Waals surface area contributed by atoms with E-state index in [9.17, 15) is 4.79 Å². The van der Waals surface area contributed by atoms with Crippen LogP contribution < -0.4 is 10.9 Å². The Hall–Kier alpha value is -1.59. The maximum absolute atomic E-state index is 11.9. The topological polar surface area (TPSA) is 46.9 Å². The van der Waals surface area contributed by atoms with Crippen LogP contribution in [-0.4, -0.2) is 9.78 Å². The van der Waals surface area contributed by atoms with Crippen LogP contribution in [0.2, 0.25) is 5.02 Å². The highest BCUT2D eigenvalue weighted by Gasteiger charge is 2.09. The molecule has 0 aliphatic carbocycles. The van der Waals surface area contributed by atoms with E-state index in [1.165, 1.54) is 15.1 Å². The molecular weight excluding hydrogens is 282 g/mol. The monoisotopic (exact) mass is 295 g/mol. The maximum atomic E-state index is 11.9. The second-order valence-corrected chi connectivity index (χ2v) is 5.41. The molecule has 4 nitrogen and oxygen atoms in total. The first-order valence-corrected chi connectivity index (χ1v) is 7.02. The Bertz CT molecular complexity index is 648. The average Bonchev–Trinajstić information content (AvgIpc) is 2.80.